The van der Waals surface area contributed by atoms with Gasteiger partial charge in [-0.1, -0.05) is 37.3 Å². The molecule has 0 aliphatic heterocycles. The third-order valence-electron chi connectivity index (χ3n) is 3.16. The number of hydrogen-bond acceptors (Lipinski definition) is 1. The van der Waals surface area contributed by atoms with Crippen molar-refractivity contribution in [3.8, 4) is 0 Å². The molecular formula is C13H19N. The van der Waals surface area contributed by atoms with Crippen LogP contribution in [0.5, 0.6) is 0 Å². The summed E-state index contributed by atoms with van der Waals surface area (Å²) < 4.78 is 0. The van der Waals surface area contributed by atoms with E-state index in [0.717, 1.165) is 12.0 Å². The van der Waals surface area contributed by atoms with Crippen LogP contribution in [0.25, 0.3) is 0 Å². The summed E-state index contributed by atoms with van der Waals surface area (Å²) in [6.07, 6.45) is 2.69. The first-order valence-electron chi connectivity index (χ1n) is 5.56. The van der Waals surface area contributed by atoms with E-state index in [4.69, 9.17) is 0 Å². The first-order valence-corrected chi connectivity index (χ1v) is 5.56. The van der Waals surface area contributed by atoms with Crippen molar-refractivity contribution in [2.24, 2.45) is 5.92 Å². The van der Waals surface area contributed by atoms with E-state index in [1.807, 2.05) is 0 Å². The molecule has 1 aromatic rings. The number of rotatable bonds is 3. The van der Waals surface area contributed by atoms with Gasteiger partial charge in [0, 0.05) is 12.1 Å². The number of nitrogens with one attached hydrogen (secondary N) is 1. The van der Waals surface area contributed by atoms with Crippen LogP contribution in [0.3, 0.4) is 0 Å². The molecule has 2 rings (SSSR count). The number of hydrogen-bond donors (Lipinski definition) is 1. The maximum Gasteiger partial charge on any atom is 0.0294 e. The summed E-state index contributed by atoms with van der Waals surface area (Å²) in [5, 5.41) is 3.66. The smallest absolute Gasteiger partial charge is 0.0294 e. The molecule has 0 bridgehead atoms. The molecule has 1 fully saturated rings. The molecule has 1 aromatic carbocycles. The second kappa shape index (κ2) is 4.14. The van der Waals surface area contributed by atoms with E-state index in [9.17, 15) is 0 Å². The lowest BCUT2D eigenvalue weighted by Crippen LogP contribution is -2.41. The van der Waals surface area contributed by atoms with Crippen LogP contribution in [0.4, 0.5) is 0 Å². The van der Waals surface area contributed by atoms with Crippen LogP contribution < -0.4 is 5.32 Å². The van der Waals surface area contributed by atoms with Crippen LogP contribution in [-0.2, 0) is 0 Å². The molecule has 76 valence electrons. The zero-order chi connectivity index (χ0) is 9.97. The highest BCUT2D eigenvalue weighted by Crippen LogP contribution is 2.28. The highest BCUT2D eigenvalue weighted by atomic mass is 15.0. The minimum atomic E-state index is 0.494. The Morgan fingerprint density at radius 1 is 1.21 bits per heavy atom. The predicted molar refractivity (Wildman–Crippen MR) is 60.2 cm³/mol. The summed E-state index contributed by atoms with van der Waals surface area (Å²) in [5.41, 5.74) is 1.40. The molecule has 1 aliphatic rings. The molecule has 1 saturated carbocycles. The van der Waals surface area contributed by atoms with E-state index >= 15 is 0 Å². The molecule has 0 heterocycles. The molecule has 1 atom stereocenters. The van der Waals surface area contributed by atoms with Crippen molar-refractivity contribution < 1.29 is 0 Å². The molecule has 0 aromatic heterocycles. The van der Waals surface area contributed by atoms with E-state index in [1.54, 1.807) is 0 Å². The van der Waals surface area contributed by atoms with Gasteiger partial charge >= 0.3 is 0 Å². The fraction of sp³-hybridized carbons (Fsp3) is 0.538. The van der Waals surface area contributed by atoms with Crippen molar-refractivity contribution in [1.82, 2.24) is 5.32 Å². The van der Waals surface area contributed by atoms with Gasteiger partial charge in [-0.15, -0.1) is 0 Å². The van der Waals surface area contributed by atoms with E-state index in [1.165, 1.54) is 18.4 Å². The van der Waals surface area contributed by atoms with Crippen molar-refractivity contribution >= 4 is 0 Å². The molecule has 0 amide bonds. The minimum absolute atomic E-state index is 0.494. The van der Waals surface area contributed by atoms with Crippen molar-refractivity contribution in [3.63, 3.8) is 0 Å². The Morgan fingerprint density at radius 3 is 2.43 bits per heavy atom. The van der Waals surface area contributed by atoms with Crippen LogP contribution in [-0.4, -0.2) is 6.04 Å². The molecule has 14 heavy (non-hydrogen) atoms. The molecule has 1 N–H and O–H groups in total. The Hall–Kier alpha value is -0.820. The molecule has 1 unspecified atom stereocenters. The van der Waals surface area contributed by atoms with Crippen molar-refractivity contribution in [3.05, 3.63) is 35.9 Å². The molecule has 0 saturated heterocycles. The van der Waals surface area contributed by atoms with Gasteiger partial charge in [0.2, 0.25) is 0 Å². The van der Waals surface area contributed by atoms with Crippen LogP contribution in [0.1, 0.15) is 38.3 Å². The summed E-state index contributed by atoms with van der Waals surface area (Å²) in [5.74, 6) is 0.926. The first-order chi connectivity index (χ1) is 6.75. The number of benzene rings is 1. The fourth-order valence-electron chi connectivity index (χ4n) is 2.23. The normalized spacial score (nSPS) is 28.1. The van der Waals surface area contributed by atoms with Crippen LogP contribution in [0.15, 0.2) is 30.3 Å². The minimum Gasteiger partial charge on any atom is -0.307 e. The Kier molecular flexibility index (Phi) is 2.87. The molecule has 0 radical (unpaired) electrons. The van der Waals surface area contributed by atoms with Crippen molar-refractivity contribution in [2.75, 3.05) is 0 Å². The molecular weight excluding hydrogens is 170 g/mol. The van der Waals surface area contributed by atoms with Crippen molar-refractivity contribution in [1.29, 1.82) is 0 Å². The summed E-state index contributed by atoms with van der Waals surface area (Å²) in [7, 11) is 0. The molecule has 0 spiro atoms. The van der Waals surface area contributed by atoms with E-state index in [0.29, 0.717) is 6.04 Å². The standard InChI is InChI=1S/C13H19N/c1-10-8-13(9-10)14-11(2)12-6-4-3-5-7-12/h3-7,10-11,13-14H,8-9H2,1-2H3. The first kappa shape index (κ1) is 9.72. The Bertz CT molecular complexity index is 275. The average Bonchev–Trinajstić information content (AvgIpc) is 2.17. The average molecular weight is 189 g/mol. The predicted octanol–water partition coefficient (Wildman–Crippen LogP) is 3.14. The van der Waals surface area contributed by atoms with Crippen LogP contribution >= 0.6 is 0 Å². The van der Waals surface area contributed by atoms with Crippen LogP contribution in [0, 0.1) is 5.92 Å². The molecule has 1 aliphatic carbocycles. The van der Waals surface area contributed by atoms with Gasteiger partial charge in [0.15, 0.2) is 0 Å². The van der Waals surface area contributed by atoms with Gasteiger partial charge < -0.3 is 5.32 Å². The summed E-state index contributed by atoms with van der Waals surface area (Å²) in [6, 6.07) is 11.9. The topological polar surface area (TPSA) is 12.0 Å². The fourth-order valence-corrected chi connectivity index (χ4v) is 2.23. The summed E-state index contributed by atoms with van der Waals surface area (Å²) in [4.78, 5) is 0. The zero-order valence-electron chi connectivity index (χ0n) is 9.03. The highest BCUT2D eigenvalue weighted by molar-refractivity contribution is 5.18. The zero-order valence-corrected chi connectivity index (χ0v) is 9.03. The quantitative estimate of drug-likeness (QED) is 0.770. The van der Waals surface area contributed by atoms with Gasteiger partial charge in [0.1, 0.15) is 0 Å². The van der Waals surface area contributed by atoms with Crippen LogP contribution in [0.2, 0.25) is 0 Å². The lowest BCUT2D eigenvalue weighted by Gasteiger charge is -2.35. The second-order valence-corrected chi connectivity index (χ2v) is 4.57. The van der Waals surface area contributed by atoms with E-state index in [-0.39, 0.29) is 0 Å². The van der Waals surface area contributed by atoms with Gasteiger partial charge in [-0.3, -0.25) is 0 Å². The monoisotopic (exact) mass is 189 g/mol. The van der Waals surface area contributed by atoms with Gasteiger partial charge in [-0.05, 0) is 31.2 Å². The Balaban J connectivity index is 1.87. The maximum atomic E-state index is 3.66. The maximum absolute atomic E-state index is 3.66. The molecule has 1 nitrogen and oxygen atoms in total. The van der Waals surface area contributed by atoms with E-state index < -0.39 is 0 Å². The highest BCUT2D eigenvalue weighted by Gasteiger charge is 2.26. The largest absolute Gasteiger partial charge is 0.307 e. The lowest BCUT2D eigenvalue weighted by atomic mass is 9.81. The van der Waals surface area contributed by atoms with Gasteiger partial charge in [0.25, 0.3) is 0 Å². The third kappa shape index (κ3) is 2.16. The van der Waals surface area contributed by atoms with Gasteiger partial charge in [-0.2, -0.15) is 0 Å². The summed E-state index contributed by atoms with van der Waals surface area (Å²) in [6.45, 7) is 4.57. The van der Waals surface area contributed by atoms with Crippen molar-refractivity contribution in [2.45, 2.75) is 38.8 Å². The van der Waals surface area contributed by atoms with Gasteiger partial charge in [0.05, 0.1) is 0 Å². The Morgan fingerprint density at radius 2 is 1.86 bits per heavy atom. The lowest BCUT2D eigenvalue weighted by molar-refractivity contribution is 0.226. The van der Waals surface area contributed by atoms with E-state index in [2.05, 4.69) is 49.5 Å². The Labute approximate surface area is 86.5 Å². The molecule has 1 heteroatoms. The summed E-state index contributed by atoms with van der Waals surface area (Å²) >= 11 is 0. The second-order valence-electron chi connectivity index (χ2n) is 4.57. The third-order valence-corrected chi connectivity index (χ3v) is 3.16. The van der Waals surface area contributed by atoms with Gasteiger partial charge in [-0.25, -0.2) is 0 Å². The SMILES string of the molecule is CC1CC(NC(C)c2ccccc2)C1.